The molecule has 0 unspecified atom stereocenters. The zero-order chi connectivity index (χ0) is 27.5. The molecule has 0 spiro atoms. The van der Waals surface area contributed by atoms with E-state index in [1.54, 1.807) is 14.2 Å². The number of ether oxygens (including phenoxy) is 3. The third-order valence-corrected chi connectivity index (χ3v) is 7.11. The first-order valence-corrected chi connectivity index (χ1v) is 13.2. The highest BCUT2D eigenvalue weighted by Crippen LogP contribution is 2.27. The van der Waals surface area contributed by atoms with Gasteiger partial charge in [0.1, 0.15) is 11.5 Å². The highest BCUT2D eigenvalue weighted by atomic mass is 16.5. The van der Waals surface area contributed by atoms with Gasteiger partial charge in [-0.05, 0) is 59.4 Å². The van der Waals surface area contributed by atoms with Gasteiger partial charge in [-0.25, -0.2) is 0 Å². The van der Waals surface area contributed by atoms with Gasteiger partial charge in [0.15, 0.2) is 0 Å². The Bertz CT molecular complexity index is 1230. The molecule has 0 heterocycles. The number of carbonyl (C=O) groups excluding carboxylic acids is 1. The average Bonchev–Trinajstić information content (AvgIpc) is 3.00. The summed E-state index contributed by atoms with van der Waals surface area (Å²) < 4.78 is 16.2. The fraction of sp³-hybridized carbons (Fsp3) is 0.265. The van der Waals surface area contributed by atoms with E-state index in [0.717, 1.165) is 28.2 Å². The minimum atomic E-state index is -0.367. The van der Waals surface area contributed by atoms with Gasteiger partial charge < -0.3 is 14.2 Å². The van der Waals surface area contributed by atoms with E-state index in [0.29, 0.717) is 25.9 Å². The van der Waals surface area contributed by atoms with Crippen LogP contribution in [0.5, 0.6) is 11.5 Å². The smallest absolute Gasteiger partial charge is 0.310 e. The molecule has 2 atom stereocenters. The van der Waals surface area contributed by atoms with Crippen LogP contribution in [0.25, 0.3) is 0 Å². The van der Waals surface area contributed by atoms with Gasteiger partial charge in [-0.3, -0.25) is 9.69 Å². The van der Waals surface area contributed by atoms with Gasteiger partial charge in [-0.2, -0.15) is 0 Å². The lowest BCUT2D eigenvalue weighted by Crippen LogP contribution is -2.45. The summed E-state index contributed by atoms with van der Waals surface area (Å²) >= 11 is 0. The molecule has 0 aromatic heterocycles. The van der Waals surface area contributed by atoms with E-state index in [-0.39, 0.29) is 17.9 Å². The fourth-order valence-corrected chi connectivity index (χ4v) is 5.00. The van der Waals surface area contributed by atoms with Crippen molar-refractivity contribution in [2.45, 2.75) is 32.0 Å². The Labute approximate surface area is 232 Å². The SMILES string of the molecule is COC(=O)[C@@H](Cc1ccccc1)[C@H](Cc1ccccc1)N(Cc1ccc(OC)cc1)Cc1ccc(OC)cc1. The Morgan fingerprint density at radius 1 is 0.590 bits per heavy atom. The van der Waals surface area contributed by atoms with Crippen LogP contribution in [0.4, 0.5) is 0 Å². The third-order valence-electron chi connectivity index (χ3n) is 7.11. The number of hydrogen-bond donors (Lipinski definition) is 0. The summed E-state index contributed by atoms with van der Waals surface area (Å²) in [5.74, 6) is 1.07. The third kappa shape index (κ3) is 7.95. The maximum atomic E-state index is 13.4. The van der Waals surface area contributed by atoms with Gasteiger partial charge in [0, 0.05) is 19.1 Å². The molecule has 4 rings (SSSR count). The standard InChI is InChI=1S/C34H37NO4/c1-37-30-18-14-28(15-19-30)24-35(25-29-16-20-31(38-2)21-17-29)33(23-27-12-8-5-9-13-27)32(34(36)39-3)22-26-10-6-4-7-11-26/h4-21,32-33H,22-25H2,1-3H3/t32-,33-/m0/s1. The molecule has 4 aromatic carbocycles. The molecule has 39 heavy (non-hydrogen) atoms. The van der Waals surface area contributed by atoms with E-state index in [1.807, 2.05) is 60.7 Å². The van der Waals surface area contributed by atoms with Crippen molar-refractivity contribution in [3.05, 3.63) is 131 Å². The van der Waals surface area contributed by atoms with Crippen molar-refractivity contribution < 1.29 is 19.0 Å². The van der Waals surface area contributed by atoms with E-state index in [1.165, 1.54) is 12.7 Å². The largest absolute Gasteiger partial charge is 0.497 e. The molecule has 0 aliphatic carbocycles. The summed E-state index contributed by atoms with van der Waals surface area (Å²) in [6.45, 7) is 1.33. The van der Waals surface area contributed by atoms with Crippen LogP contribution in [-0.2, 0) is 35.5 Å². The van der Waals surface area contributed by atoms with Crippen LogP contribution in [0.1, 0.15) is 22.3 Å². The molecule has 4 aromatic rings. The molecule has 0 fully saturated rings. The van der Waals surface area contributed by atoms with Crippen molar-refractivity contribution in [1.29, 1.82) is 0 Å². The van der Waals surface area contributed by atoms with Crippen molar-refractivity contribution in [2.75, 3.05) is 21.3 Å². The van der Waals surface area contributed by atoms with E-state index >= 15 is 0 Å². The zero-order valence-electron chi connectivity index (χ0n) is 23.0. The van der Waals surface area contributed by atoms with E-state index < -0.39 is 0 Å². The molecule has 0 saturated carbocycles. The van der Waals surface area contributed by atoms with Gasteiger partial charge in [-0.15, -0.1) is 0 Å². The average molecular weight is 524 g/mol. The highest BCUT2D eigenvalue weighted by molar-refractivity contribution is 5.73. The van der Waals surface area contributed by atoms with Crippen LogP contribution in [-0.4, -0.2) is 38.2 Å². The lowest BCUT2D eigenvalue weighted by Gasteiger charge is -2.37. The summed E-state index contributed by atoms with van der Waals surface area (Å²) in [5, 5.41) is 0. The molecule has 0 amide bonds. The molecule has 0 aliphatic heterocycles. The molecule has 0 bridgehead atoms. The molecular formula is C34H37NO4. The Morgan fingerprint density at radius 2 is 1.03 bits per heavy atom. The van der Waals surface area contributed by atoms with Crippen LogP contribution in [0.2, 0.25) is 0 Å². The predicted octanol–water partition coefficient (Wildman–Crippen LogP) is 6.35. The highest BCUT2D eigenvalue weighted by Gasteiger charge is 2.34. The molecule has 0 N–H and O–H groups in total. The molecule has 5 heteroatoms. The second-order valence-electron chi connectivity index (χ2n) is 9.68. The molecule has 0 aliphatic rings. The van der Waals surface area contributed by atoms with Crippen molar-refractivity contribution in [3.63, 3.8) is 0 Å². The number of carbonyl (C=O) groups is 1. The second-order valence-corrected chi connectivity index (χ2v) is 9.68. The topological polar surface area (TPSA) is 48.0 Å². The number of nitrogens with zero attached hydrogens (tertiary/aromatic N) is 1. The van der Waals surface area contributed by atoms with E-state index in [9.17, 15) is 4.79 Å². The van der Waals surface area contributed by atoms with Gasteiger partial charge in [0.05, 0.1) is 27.2 Å². The Morgan fingerprint density at radius 3 is 1.44 bits per heavy atom. The van der Waals surface area contributed by atoms with Gasteiger partial charge in [0.2, 0.25) is 0 Å². The van der Waals surface area contributed by atoms with Crippen LogP contribution in [0.3, 0.4) is 0 Å². The van der Waals surface area contributed by atoms with Crippen molar-refractivity contribution in [3.8, 4) is 11.5 Å². The Kier molecular flexibility index (Phi) is 10.1. The van der Waals surface area contributed by atoms with Crippen LogP contribution in [0, 0.1) is 5.92 Å². The monoisotopic (exact) mass is 523 g/mol. The predicted molar refractivity (Wildman–Crippen MR) is 155 cm³/mol. The maximum absolute atomic E-state index is 13.4. The van der Waals surface area contributed by atoms with Crippen LogP contribution < -0.4 is 9.47 Å². The van der Waals surface area contributed by atoms with E-state index in [4.69, 9.17) is 14.2 Å². The van der Waals surface area contributed by atoms with Crippen molar-refractivity contribution in [2.24, 2.45) is 5.92 Å². The van der Waals surface area contributed by atoms with Crippen molar-refractivity contribution in [1.82, 2.24) is 4.90 Å². The lowest BCUT2D eigenvalue weighted by molar-refractivity contribution is -0.148. The number of esters is 1. The number of benzene rings is 4. The van der Waals surface area contributed by atoms with Gasteiger partial charge in [0.25, 0.3) is 0 Å². The molecule has 0 saturated heterocycles. The Hall–Kier alpha value is -4.09. The van der Waals surface area contributed by atoms with E-state index in [2.05, 4.69) is 53.4 Å². The zero-order valence-corrected chi connectivity index (χ0v) is 23.0. The quantitative estimate of drug-likeness (QED) is 0.191. The van der Waals surface area contributed by atoms with Crippen LogP contribution in [0.15, 0.2) is 109 Å². The van der Waals surface area contributed by atoms with Gasteiger partial charge >= 0.3 is 5.97 Å². The Balaban J connectivity index is 1.75. The first kappa shape index (κ1) is 27.9. The minimum absolute atomic E-state index is 0.121. The molecular weight excluding hydrogens is 486 g/mol. The summed E-state index contributed by atoms with van der Waals surface area (Å²) in [6, 6.07) is 36.7. The number of methoxy groups -OCH3 is 3. The van der Waals surface area contributed by atoms with Gasteiger partial charge in [-0.1, -0.05) is 84.9 Å². The number of hydrogen-bond acceptors (Lipinski definition) is 5. The normalized spacial score (nSPS) is 12.5. The fourth-order valence-electron chi connectivity index (χ4n) is 5.00. The summed E-state index contributed by atoms with van der Waals surface area (Å²) in [4.78, 5) is 15.8. The summed E-state index contributed by atoms with van der Waals surface area (Å²) in [5.41, 5.74) is 4.58. The summed E-state index contributed by atoms with van der Waals surface area (Å²) in [6.07, 6.45) is 1.30. The maximum Gasteiger partial charge on any atom is 0.310 e. The second kappa shape index (κ2) is 14.2. The summed E-state index contributed by atoms with van der Waals surface area (Å²) in [7, 11) is 4.83. The minimum Gasteiger partial charge on any atom is -0.497 e. The first-order chi connectivity index (χ1) is 19.1. The van der Waals surface area contributed by atoms with Crippen molar-refractivity contribution >= 4 is 5.97 Å². The molecule has 0 radical (unpaired) electrons. The number of rotatable bonds is 13. The van der Waals surface area contributed by atoms with Crippen LogP contribution >= 0.6 is 0 Å². The molecule has 202 valence electrons. The first-order valence-electron chi connectivity index (χ1n) is 13.2. The molecule has 5 nitrogen and oxygen atoms in total. The lowest BCUT2D eigenvalue weighted by atomic mass is 9.86.